The summed E-state index contributed by atoms with van der Waals surface area (Å²) in [4.78, 5) is 10.1. The lowest BCUT2D eigenvalue weighted by atomic mass is 10.0. The summed E-state index contributed by atoms with van der Waals surface area (Å²) in [5.74, 6) is -1.17. The van der Waals surface area contributed by atoms with Crippen molar-refractivity contribution in [2.24, 2.45) is 5.73 Å². The molecule has 0 fully saturated rings. The SMILES string of the molecule is CC(N)(CC[18F])C(=O)O. The van der Waals surface area contributed by atoms with Crippen LogP contribution in [0.1, 0.15) is 13.3 Å². The van der Waals surface area contributed by atoms with E-state index in [1.807, 2.05) is 0 Å². The Morgan fingerprint density at radius 1 is 1.89 bits per heavy atom. The fourth-order valence-corrected chi connectivity index (χ4v) is 0.303. The van der Waals surface area contributed by atoms with E-state index >= 15 is 0 Å². The number of rotatable bonds is 3. The first-order chi connectivity index (χ1) is 4.00. The number of carboxylic acid groups (broad SMARTS) is 1. The number of halogens is 1. The highest BCUT2D eigenvalue weighted by Gasteiger charge is 2.26. The van der Waals surface area contributed by atoms with Gasteiger partial charge in [-0.1, -0.05) is 0 Å². The van der Waals surface area contributed by atoms with Crippen LogP contribution in [0, 0.1) is 0 Å². The van der Waals surface area contributed by atoms with Crippen LogP contribution in [0.2, 0.25) is 0 Å². The summed E-state index contributed by atoms with van der Waals surface area (Å²) in [5.41, 5.74) is 3.72. The molecule has 54 valence electrons. The smallest absolute Gasteiger partial charge is 0.323 e. The molecule has 0 rings (SSSR count). The van der Waals surface area contributed by atoms with E-state index in [1.165, 1.54) is 6.92 Å². The van der Waals surface area contributed by atoms with Gasteiger partial charge in [0.2, 0.25) is 0 Å². The number of nitrogens with two attached hydrogens (primary N) is 1. The van der Waals surface area contributed by atoms with Crippen LogP contribution in [0.4, 0.5) is 4.39 Å². The molecular weight excluding hydrogens is 124 g/mol. The molecule has 0 saturated heterocycles. The zero-order chi connectivity index (χ0) is 7.49. The van der Waals surface area contributed by atoms with E-state index in [4.69, 9.17) is 10.8 Å². The van der Waals surface area contributed by atoms with E-state index in [0.29, 0.717) is 0 Å². The van der Waals surface area contributed by atoms with Crippen molar-refractivity contribution < 1.29 is 14.3 Å². The minimum atomic E-state index is -1.41. The number of hydrogen-bond acceptors (Lipinski definition) is 2. The second-order valence-electron chi connectivity index (χ2n) is 2.16. The van der Waals surface area contributed by atoms with E-state index in [0.717, 1.165) is 0 Å². The molecule has 0 amide bonds. The van der Waals surface area contributed by atoms with Gasteiger partial charge in [0.05, 0.1) is 6.67 Å². The molecule has 1 atom stereocenters. The highest BCUT2D eigenvalue weighted by atomic mass is 18.2. The number of aliphatic carboxylic acids is 1. The molecule has 0 heterocycles. The van der Waals surface area contributed by atoms with E-state index in [9.17, 15) is 9.18 Å². The molecule has 0 aromatic carbocycles. The van der Waals surface area contributed by atoms with Gasteiger partial charge in [-0.25, -0.2) is 0 Å². The Morgan fingerprint density at radius 3 is 2.44 bits per heavy atom. The summed E-state index contributed by atoms with van der Waals surface area (Å²) >= 11 is 0. The van der Waals surface area contributed by atoms with Crippen LogP contribution < -0.4 is 5.73 Å². The maximum absolute atomic E-state index is 11.5. The summed E-state index contributed by atoms with van der Waals surface area (Å²) in [6, 6.07) is 0. The van der Waals surface area contributed by atoms with E-state index in [-0.39, 0.29) is 6.42 Å². The van der Waals surface area contributed by atoms with Crippen LogP contribution in [0.5, 0.6) is 0 Å². The van der Waals surface area contributed by atoms with E-state index < -0.39 is 18.2 Å². The second-order valence-corrected chi connectivity index (χ2v) is 2.16. The van der Waals surface area contributed by atoms with Crippen molar-refractivity contribution in [3.63, 3.8) is 0 Å². The average molecular weight is 134 g/mol. The van der Waals surface area contributed by atoms with Crippen molar-refractivity contribution in [3.8, 4) is 0 Å². The standard InChI is InChI=1S/C5H10FNO2/c1-5(7,2-3-6)4(8)9/h2-3,7H2,1H3,(H,8,9)/i6-1. The van der Waals surface area contributed by atoms with Crippen molar-refractivity contribution in [1.29, 1.82) is 0 Å². The molecule has 0 spiro atoms. The largest absolute Gasteiger partial charge is 0.480 e. The first-order valence-corrected chi connectivity index (χ1v) is 2.59. The van der Waals surface area contributed by atoms with Gasteiger partial charge in [0.1, 0.15) is 5.54 Å². The molecule has 0 aromatic rings. The van der Waals surface area contributed by atoms with Gasteiger partial charge < -0.3 is 10.8 Å². The van der Waals surface area contributed by atoms with Gasteiger partial charge in [0, 0.05) is 6.42 Å². The molecule has 0 aliphatic heterocycles. The van der Waals surface area contributed by atoms with Gasteiger partial charge in [0.15, 0.2) is 0 Å². The summed E-state index contributed by atoms with van der Waals surface area (Å²) in [7, 11) is 0. The predicted octanol–water partition coefficient (Wildman–Crippen LogP) is 0.148. The summed E-state index contributed by atoms with van der Waals surface area (Å²) < 4.78 is 11.5. The fourth-order valence-electron chi connectivity index (χ4n) is 0.303. The van der Waals surface area contributed by atoms with Gasteiger partial charge >= 0.3 is 5.97 Å². The lowest BCUT2D eigenvalue weighted by Crippen LogP contribution is -2.45. The fraction of sp³-hybridized carbons (Fsp3) is 0.800. The third-order valence-electron chi connectivity index (χ3n) is 1.10. The molecule has 4 heteroatoms. The maximum atomic E-state index is 11.5. The normalized spacial score (nSPS) is 16.8. The number of carboxylic acids is 1. The Bertz CT molecular complexity index is 114. The third kappa shape index (κ3) is 2.41. The quantitative estimate of drug-likeness (QED) is 0.577. The molecule has 3 N–H and O–H groups in total. The molecule has 0 radical (unpaired) electrons. The van der Waals surface area contributed by atoms with Gasteiger partial charge in [-0.3, -0.25) is 9.18 Å². The maximum Gasteiger partial charge on any atom is 0.323 e. The predicted molar refractivity (Wildman–Crippen MR) is 30.8 cm³/mol. The minimum Gasteiger partial charge on any atom is -0.480 e. The van der Waals surface area contributed by atoms with Crippen LogP contribution in [0.3, 0.4) is 0 Å². The van der Waals surface area contributed by atoms with Crippen molar-refractivity contribution in [2.75, 3.05) is 6.67 Å². The highest BCUT2D eigenvalue weighted by Crippen LogP contribution is 2.04. The van der Waals surface area contributed by atoms with Crippen LogP contribution in [0.15, 0.2) is 0 Å². The van der Waals surface area contributed by atoms with E-state index in [1.54, 1.807) is 0 Å². The van der Waals surface area contributed by atoms with Crippen molar-refractivity contribution in [2.45, 2.75) is 18.9 Å². The Kier molecular flexibility index (Phi) is 2.58. The highest BCUT2D eigenvalue weighted by molar-refractivity contribution is 5.77. The first-order valence-electron chi connectivity index (χ1n) is 2.59. The molecule has 3 nitrogen and oxygen atoms in total. The Balaban J connectivity index is 3.85. The molecule has 0 aliphatic carbocycles. The van der Waals surface area contributed by atoms with Gasteiger partial charge in [0.25, 0.3) is 0 Å². The van der Waals surface area contributed by atoms with E-state index in [2.05, 4.69) is 0 Å². The molecule has 0 aromatic heterocycles. The first kappa shape index (κ1) is 8.36. The molecule has 0 saturated carbocycles. The lowest BCUT2D eigenvalue weighted by molar-refractivity contribution is -0.143. The Hall–Kier alpha value is -0.640. The monoisotopic (exact) mass is 134 g/mol. The van der Waals surface area contributed by atoms with Crippen LogP contribution >= 0.6 is 0 Å². The average Bonchev–Trinajstić information content (AvgIpc) is 1.65. The van der Waals surface area contributed by atoms with Crippen molar-refractivity contribution in [3.05, 3.63) is 0 Å². The van der Waals surface area contributed by atoms with Crippen LogP contribution in [0.25, 0.3) is 0 Å². The summed E-state index contributed by atoms with van der Waals surface area (Å²) in [5, 5.41) is 8.28. The van der Waals surface area contributed by atoms with Crippen LogP contribution in [-0.4, -0.2) is 23.3 Å². The summed E-state index contributed by atoms with van der Waals surface area (Å²) in [6.07, 6.45) is -0.137. The number of alkyl halides is 1. The third-order valence-corrected chi connectivity index (χ3v) is 1.10. The minimum absolute atomic E-state index is 0.137. The number of hydrogen-bond donors (Lipinski definition) is 2. The Labute approximate surface area is 52.7 Å². The van der Waals surface area contributed by atoms with Crippen molar-refractivity contribution in [1.82, 2.24) is 0 Å². The Morgan fingerprint density at radius 2 is 2.33 bits per heavy atom. The van der Waals surface area contributed by atoms with Gasteiger partial charge in [-0.2, -0.15) is 0 Å². The second kappa shape index (κ2) is 2.77. The topological polar surface area (TPSA) is 63.3 Å². The van der Waals surface area contributed by atoms with Gasteiger partial charge in [-0.05, 0) is 6.92 Å². The molecule has 9 heavy (non-hydrogen) atoms. The van der Waals surface area contributed by atoms with Gasteiger partial charge in [-0.15, -0.1) is 0 Å². The van der Waals surface area contributed by atoms with Crippen LogP contribution in [-0.2, 0) is 4.79 Å². The molecular formula is C5H10FNO2. The van der Waals surface area contributed by atoms with Crippen molar-refractivity contribution >= 4 is 5.97 Å². The molecule has 1 unspecified atom stereocenters. The zero-order valence-corrected chi connectivity index (χ0v) is 5.22. The summed E-state index contributed by atoms with van der Waals surface area (Å²) in [6.45, 7) is 0.591. The zero-order valence-electron chi connectivity index (χ0n) is 5.22. The lowest BCUT2D eigenvalue weighted by Gasteiger charge is -2.15. The molecule has 0 bridgehead atoms. The number of carbonyl (C=O) groups is 1. The molecule has 0 aliphatic rings.